The lowest BCUT2D eigenvalue weighted by atomic mass is 10.1. The van der Waals surface area contributed by atoms with Gasteiger partial charge in [-0.25, -0.2) is 9.59 Å². The standard InChI is InChI=1S/C31H40N2O3S/c1-24(2)13-11-14-25(3)15-12-16-26(4)21-22-37-23-29(30(34)35)32-31(36)33(27-17-7-5-8-18-27)28-19-9-6-10-20-28/h5-10,13,15,17-21,29H,11-12,14,16,22-23H2,1-4H3,(H,32,36)(H,34,35)/t29-/m0/s1. The van der Waals surface area contributed by atoms with Crippen molar-refractivity contribution in [2.45, 2.75) is 59.4 Å². The van der Waals surface area contributed by atoms with E-state index < -0.39 is 18.0 Å². The van der Waals surface area contributed by atoms with Crippen LogP contribution in [0.25, 0.3) is 0 Å². The van der Waals surface area contributed by atoms with Gasteiger partial charge in [0.1, 0.15) is 6.04 Å². The number of amides is 2. The van der Waals surface area contributed by atoms with Crippen LogP contribution >= 0.6 is 11.8 Å². The van der Waals surface area contributed by atoms with Gasteiger partial charge in [0.15, 0.2) is 0 Å². The normalized spacial score (nSPS) is 12.5. The minimum Gasteiger partial charge on any atom is -0.480 e. The van der Waals surface area contributed by atoms with Gasteiger partial charge in [-0.2, -0.15) is 11.8 Å². The third-order valence-corrected chi connectivity index (χ3v) is 6.76. The van der Waals surface area contributed by atoms with Crippen LogP contribution in [-0.4, -0.2) is 34.7 Å². The number of carbonyl (C=O) groups is 2. The minimum absolute atomic E-state index is 0.283. The van der Waals surface area contributed by atoms with Crippen LogP contribution in [0.3, 0.4) is 0 Å². The van der Waals surface area contributed by atoms with Gasteiger partial charge in [0.25, 0.3) is 0 Å². The molecular formula is C31H40N2O3S. The second kappa shape index (κ2) is 16.5. The van der Waals surface area contributed by atoms with Crippen molar-refractivity contribution >= 4 is 35.1 Å². The highest BCUT2D eigenvalue weighted by molar-refractivity contribution is 7.99. The number of anilines is 2. The number of hydrogen-bond donors (Lipinski definition) is 2. The van der Waals surface area contributed by atoms with Crippen molar-refractivity contribution in [3.8, 4) is 0 Å². The molecule has 0 radical (unpaired) electrons. The molecule has 0 heterocycles. The van der Waals surface area contributed by atoms with E-state index in [0.717, 1.165) is 25.7 Å². The molecule has 0 unspecified atom stereocenters. The van der Waals surface area contributed by atoms with Crippen LogP contribution in [0.2, 0.25) is 0 Å². The van der Waals surface area contributed by atoms with Crippen molar-refractivity contribution < 1.29 is 14.7 Å². The number of urea groups is 1. The number of allylic oxidation sites excluding steroid dienone is 5. The lowest BCUT2D eigenvalue weighted by Crippen LogP contribution is -2.47. The summed E-state index contributed by atoms with van der Waals surface area (Å²) >= 11 is 1.50. The van der Waals surface area contributed by atoms with E-state index in [0.29, 0.717) is 17.1 Å². The summed E-state index contributed by atoms with van der Waals surface area (Å²) in [4.78, 5) is 26.6. The number of carboxylic acid groups (broad SMARTS) is 1. The van der Waals surface area contributed by atoms with E-state index in [1.807, 2.05) is 60.7 Å². The van der Waals surface area contributed by atoms with Gasteiger partial charge in [-0.1, -0.05) is 71.3 Å². The number of rotatable bonds is 14. The molecule has 0 aromatic heterocycles. The number of benzene rings is 2. The van der Waals surface area contributed by atoms with Crippen molar-refractivity contribution in [3.63, 3.8) is 0 Å². The number of nitrogens with zero attached hydrogens (tertiary/aromatic N) is 1. The summed E-state index contributed by atoms with van der Waals surface area (Å²) in [7, 11) is 0. The molecule has 0 aliphatic carbocycles. The fourth-order valence-electron chi connectivity index (χ4n) is 3.65. The summed E-state index contributed by atoms with van der Waals surface area (Å²) in [5.74, 6) is -0.0575. The number of carbonyl (C=O) groups excluding carboxylic acids is 1. The lowest BCUT2D eigenvalue weighted by Gasteiger charge is -2.25. The molecule has 6 heteroatoms. The first-order chi connectivity index (χ1) is 17.8. The van der Waals surface area contributed by atoms with Crippen molar-refractivity contribution in [1.29, 1.82) is 0 Å². The maximum absolute atomic E-state index is 13.2. The molecule has 5 nitrogen and oxygen atoms in total. The molecule has 37 heavy (non-hydrogen) atoms. The summed E-state index contributed by atoms with van der Waals surface area (Å²) in [5, 5.41) is 12.4. The highest BCUT2D eigenvalue weighted by Crippen LogP contribution is 2.25. The number of para-hydroxylation sites is 2. The lowest BCUT2D eigenvalue weighted by molar-refractivity contribution is -0.138. The Morgan fingerprint density at radius 1 is 0.838 bits per heavy atom. The second-order valence-electron chi connectivity index (χ2n) is 9.34. The highest BCUT2D eigenvalue weighted by atomic mass is 32.2. The van der Waals surface area contributed by atoms with E-state index in [2.05, 4.69) is 51.2 Å². The van der Waals surface area contributed by atoms with Gasteiger partial charge in [-0.05, 0) is 77.6 Å². The van der Waals surface area contributed by atoms with Crippen LogP contribution < -0.4 is 10.2 Å². The molecule has 2 aromatic carbocycles. The summed E-state index contributed by atoms with van der Waals surface area (Å²) < 4.78 is 0. The van der Waals surface area contributed by atoms with E-state index in [1.165, 1.54) is 33.4 Å². The third kappa shape index (κ3) is 11.6. The van der Waals surface area contributed by atoms with Crippen molar-refractivity contribution in [1.82, 2.24) is 5.32 Å². The Kier molecular flexibility index (Phi) is 13.4. The summed E-state index contributed by atoms with van der Waals surface area (Å²) in [6.07, 6.45) is 10.9. The molecule has 2 aromatic rings. The Balaban J connectivity index is 1.88. The predicted molar refractivity (Wildman–Crippen MR) is 158 cm³/mol. The second-order valence-corrected chi connectivity index (χ2v) is 10.4. The maximum Gasteiger partial charge on any atom is 0.327 e. The smallest absolute Gasteiger partial charge is 0.327 e. The monoisotopic (exact) mass is 520 g/mol. The zero-order valence-corrected chi connectivity index (χ0v) is 23.3. The first-order valence-electron chi connectivity index (χ1n) is 12.7. The van der Waals surface area contributed by atoms with Gasteiger partial charge >= 0.3 is 12.0 Å². The number of nitrogens with one attached hydrogen (secondary N) is 1. The van der Waals surface area contributed by atoms with Gasteiger partial charge in [-0.3, -0.25) is 4.90 Å². The Morgan fingerprint density at radius 3 is 1.86 bits per heavy atom. The number of aliphatic carboxylic acids is 1. The van der Waals surface area contributed by atoms with Gasteiger partial charge in [-0.15, -0.1) is 0 Å². The quantitative estimate of drug-likeness (QED) is 0.195. The molecule has 0 spiro atoms. The molecule has 198 valence electrons. The van der Waals surface area contributed by atoms with Crippen LogP contribution in [0, 0.1) is 0 Å². The van der Waals surface area contributed by atoms with Crippen LogP contribution in [-0.2, 0) is 4.79 Å². The molecule has 0 saturated carbocycles. The Labute approximate surface area is 226 Å². The van der Waals surface area contributed by atoms with Crippen LogP contribution in [0.1, 0.15) is 53.4 Å². The van der Waals surface area contributed by atoms with Crippen LogP contribution in [0.4, 0.5) is 16.2 Å². The predicted octanol–water partition coefficient (Wildman–Crippen LogP) is 8.14. The molecule has 2 N–H and O–H groups in total. The number of thioether (sulfide) groups is 1. The SMILES string of the molecule is CC(C)=CCCC(C)=CCCC(C)=CCSC[C@H](NC(=O)N(c1ccccc1)c1ccccc1)C(=O)O. The first-order valence-corrected chi connectivity index (χ1v) is 13.9. The van der Waals surface area contributed by atoms with Crippen molar-refractivity contribution in [2.24, 2.45) is 0 Å². The Hall–Kier alpha value is -3.25. The molecule has 0 saturated heterocycles. The first kappa shape index (κ1) is 30.0. The molecule has 0 bridgehead atoms. The zero-order chi connectivity index (χ0) is 27.0. The van der Waals surface area contributed by atoms with E-state index >= 15 is 0 Å². The largest absolute Gasteiger partial charge is 0.480 e. The van der Waals surface area contributed by atoms with E-state index in [4.69, 9.17) is 0 Å². The fourth-order valence-corrected chi connectivity index (χ4v) is 4.65. The van der Waals surface area contributed by atoms with Gasteiger partial charge < -0.3 is 10.4 Å². The summed E-state index contributed by atoms with van der Waals surface area (Å²) in [6, 6.07) is 17.0. The fraction of sp³-hybridized carbons (Fsp3) is 0.355. The number of carboxylic acids is 1. The third-order valence-electron chi connectivity index (χ3n) is 5.78. The van der Waals surface area contributed by atoms with Crippen LogP contribution in [0.15, 0.2) is 95.6 Å². The van der Waals surface area contributed by atoms with Crippen molar-refractivity contribution in [3.05, 3.63) is 95.6 Å². The molecule has 2 amide bonds. The summed E-state index contributed by atoms with van der Waals surface area (Å²) in [6.45, 7) is 8.55. The molecular weight excluding hydrogens is 480 g/mol. The molecule has 1 atom stereocenters. The van der Waals surface area contributed by atoms with Gasteiger partial charge in [0.05, 0.1) is 11.4 Å². The van der Waals surface area contributed by atoms with E-state index in [-0.39, 0.29) is 5.75 Å². The van der Waals surface area contributed by atoms with E-state index in [1.54, 1.807) is 0 Å². The van der Waals surface area contributed by atoms with Gasteiger partial charge in [0.2, 0.25) is 0 Å². The summed E-state index contributed by atoms with van der Waals surface area (Å²) in [5.41, 5.74) is 5.40. The molecule has 0 aliphatic rings. The maximum atomic E-state index is 13.2. The average molecular weight is 521 g/mol. The van der Waals surface area contributed by atoms with Crippen LogP contribution in [0.5, 0.6) is 0 Å². The molecule has 0 aliphatic heterocycles. The van der Waals surface area contributed by atoms with E-state index in [9.17, 15) is 14.7 Å². The molecule has 0 fully saturated rings. The molecule has 2 rings (SSSR count). The van der Waals surface area contributed by atoms with Crippen molar-refractivity contribution in [2.75, 3.05) is 16.4 Å². The topological polar surface area (TPSA) is 69.6 Å². The Morgan fingerprint density at radius 2 is 1.35 bits per heavy atom. The zero-order valence-electron chi connectivity index (χ0n) is 22.4. The minimum atomic E-state index is -1.05. The highest BCUT2D eigenvalue weighted by Gasteiger charge is 2.25. The van der Waals surface area contributed by atoms with Gasteiger partial charge in [0, 0.05) is 11.5 Å². The Bertz CT molecular complexity index is 1030. The number of hydrogen-bond acceptors (Lipinski definition) is 3. The average Bonchev–Trinajstić information content (AvgIpc) is 2.87.